The van der Waals surface area contributed by atoms with E-state index in [1.54, 1.807) is 6.92 Å². The topological polar surface area (TPSA) is 106 Å². The molecule has 2 amide bonds. The SMILES string of the molecule is Cc1cc(C(=O)NCc2cnc(OCC(F)(F)C(F)F)c(C)c2)nc(NC(=O)C2CC2)n1. The molecule has 3 rings (SSSR count). The molecule has 8 nitrogen and oxygen atoms in total. The van der Waals surface area contributed by atoms with Crippen LogP contribution in [0.2, 0.25) is 0 Å². The maximum atomic E-state index is 13.0. The number of alkyl halides is 4. The highest BCUT2D eigenvalue weighted by molar-refractivity contribution is 5.95. The van der Waals surface area contributed by atoms with Crippen molar-refractivity contribution in [2.75, 3.05) is 11.9 Å². The van der Waals surface area contributed by atoms with E-state index in [0.29, 0.717) is 16.8 Å². The van der Waals surface area contributed by atoms with Crippen LogP contribution in [0.3, 0.4) is 0 Å². The van der Waals surface area contributed by atoms with Gasteiger partial charge in [-0.2, -0.15) is 8.78 Å². The van der Waals surface area contributed by atoms with Crippen LogP contribution < -0.4 is 15.4 Å². The normalized spacial score (nSPS) is 13.7. The number of pyridine rings is 1. The molecule has 0 bridgehead atoms. The van der Waals surface area contributed by atoms with E-state index in [1.807, 2.05) is 0 Å². The number of aryl methyl sites for hydroxylation is 2. The molecule has 2 aromatic rings. The fourth-order valence-corrected chi connectivity index (χ4v) is 2.67. The van der Waals surface area contributed by atoms with E-state index in [9.17, 15) is 27.2 Å². The van der Waals surface area contributed by atoms with Crippen molar-refractivity contribution in [2.45, 2.75) is 45.6 Å². The maximum Gasteiger partial charge on any atom is 0.340 e. The third-order valence-electron chi connectivity index (χ3n) is 4.53. The molecule has 1 fully saturated rings. The molecule has 1 aliphatic rings. The van der Waals surface area contributed by atoms with E-state index in [1.165, 1.54) is 25.3 Å². The molecule has 0 radical (unpaired) electrons. The largest absolute Gasteiger partial charge is 0.471 e. The predicted molar refractivity (Wildman–Crippen MR) is 105 cm³/mol. The van der Waals surface area contributed by atoms with Crippen LogP contribution in [0.15, 0.2) is 18.3 Å². The highest BCUT2D eigenvalue weighted by Crippen LogP contribution is 2.29. The highest BCUT2D eigenvalue weighted by Gasteiger charge is 2.42. The Bertz CT molecular complexity index is 1010. The molecule has 172 valence electrons. The van der Waals surface area contributed by atoms with Crippen LogP contribution in [-0.2, 0) is 11.3 Å². The Hall–Kier alpha value is -3.31. The lowest BCUT2D eigenvalue weighted by Gasteiger charge is -2.16. The van der Waals surface area contributed by atoms with Crippen molar-refractivity contribution in [2.24, 2.45) is 5.92 Å². The zero-order valence-corrected chi connectivity index (χ0v) is 17.3. The minimum absolute atomic E-state index is 0.0347. The number of halogens is 4. The minimum Gasteiger partial charge on any atom is -0.471 e. The first-order valence-corrected chi connectivity index (χ1v) is 9.74. The van der Waals surface area contributed by atoms with Gasteiger partial charge < -0.3 is 10.1 Å². The molecule has 0 unspecified atom stereocenters. The van der Waals surface area contributed by atoms with Gasteiger partial charge in [0.2, 0.25) is 17.7 Å². The quantitative estimate of drug-likeness (QED) is 0.563. The Morgan fingerprint density at radius 3 is 2.56 bits per heavy atom. The summed E-state index contributed by atoms with van der Waals surface area (Å²) in [4.78, 5) is 36.4. The Balaban J connectivity index is 1.59. The Morgan fingerprint density at radius 2 is 1.94 bits per heavy atom. The molecular formula is C20H21F4N5O3. The maximum absolute atomic E-state index is 13.0. The van der Waals surface area contributed by atoms with Crippen molar-refractivity contribution in [3.8, 4) is 5.88 Å². The van der Waals surface area contributed by atoms with Crippen molar-refractivity contribution < 1.29 is 31.9 Å². The van der Waals surface area contributed by atoms with E-state index >= 15 is 0 Å². The molecule has 0 aromatic carbocycles. The number of amides is 2. The van der Waals surface area contributed by atoms with Crippen molar-refractivity contribution in [3.05, 3.63) is 40.8 Å². The van der Waals surface area contributed by atoms with Gasteiger partial charge in [-0.05, 0) is 44.4 Å². The second-order valence-corrected chi connectivity index (χ2v) is 7.48. The molecule has 0 saturated heterocycles. The van der Waals surface area contributed by atoms with E-state index in [-0.39, 0.29) is 35.9 Å². The number of carbonyl (C=O) groups is 2. The third-order valence-corrected chi connectivity index (χ3v) is 4.53. The van der Waals surface area contributed by atoms with Gasteiger partial charge in [-0.3, -0.25) is 14.9 Å². The van der Waals surface area contributed by atoms with Crippen LogP contribution in [0, 0.1) is 19.8 Å². The molecule has 2 aromatic heterocycles. The van der Waals surface area contributed by atoms with Crippen molar-refractivity contribution in [1.82, 2.24) is 20.3 Å². The zero-order chi connectivity index (χ0) is 23.5. The van der Waals surface area contributed by atoms with Gasteiger partial charge in [-0.15, -0.1) is 0 Å². The average Bonchev–Trinajstić information content (AvgIpc) is 3.56. The second-order valence-electron chi connectivity index (χ2n) is 7.48. The first-order valence-electron chi connectivity index (χ1n) is 9.74. The number of ether oxygens (including phenoxy) is 1. The third kappa shape index (κ3) is 6.11. The standard InChI is InChI=1S/C20H21F4N5O3/c1-10-5-12(8-26-17(10)32-9-20(23,24)18(21)22)7-25-16(31)14-6-11(2)27-19(28-14)29-15(30)13-3-4-13/h5-6,8,13,18H,3-4,7,9H2,1-2H3,(H,25,31)(H,27,28,29,30). The molecule has 1 saturated carbocycles. The van der Waals surface area contributed by atoms with Gasteiger partial charge in [0.15, 0.2) is 6.61 Å². The molecule has 0 atom stereocenters. The van der Waals surface area contributed by atoms with Crippen LogP contribution in [0.25, 0.3) is 0 Å². The Kier molecular flexibility index (Phi) is 6.90. The van der Waals surface area contributed by atoms with Gasteiger partial charge in [0.1, 0.15) is 5.69 Å². The highest BCUT2D eigenvalue weighted by atomic mass is 19.3. The predicted octanol–water partition coefficient (Wildman–Crippen LogP) is 3.05. The summed E-state index contributed by atoms with van der Waals surface area (Å²) in [7, 11) is 0. The summed E-state index contributed by atoms with van der Waals surface area (Å²) in [5.41, 5.74) is 1.42. The number of anilines is 1. The number of aromatic nitrogens is 3. The van der Waals surface area contributed by atoms with Crippen molar-refractivity contribution in [3.63, 3.8) is 0 Å². The minimum atomic E-state index is -4.28. The van der Waals surface area contributed by atoms with Gasteiger partial charge in [0.05, 0.1) is 0 Å². The average molecular weight is 455 g/mol. The molecule has 0 aliphatic heterocycles. The fraction of sp³-hybridized carbons (Fsp3) is 0.450. The van der Waals surface area contributed by atoms with Gasteiger partial charge >= 0.3 is 12.3 Å². The molecule has 32 heavy (non-hydrogen) atoms. The summed E-state index contributed by atoms with van der Waals surface area (Å²) in [5, 5.41) is 5.23. The molecule has 1 aliphatic carbocycles. The fourth-order valence-electron chi connectivity index (χ4n) is 2.67. The lowest BCUT2D eigenvalue weighted by Crippen LogP contribution is -2.34. The molecule has 0 spiro atoms. The number of hydrogen-bond donors (Lipinski definition) is 2. The van der Waals surface area contributed by atoms with E-state index in [4.69, 9.17) is 4.74 Å². The summed E-state index contributed by atoms with van der Waals surface area (Å²) in [5.74, 6) is -5.19. The van der Waals surface area contributed by atoms with Crippen LogP contribution in [-0.4, -0.2) is 45.7 Å². The summed E-state index contributed by atoms with van der Waals surface area (Å²) in [6.07, 6.45) is -0.936. The summed E-state index contributed by atoms with van der Waals surface area (Å²) in [6, 6.07) is 2.99. The van der Waals surface area contributed by atoms with Gasteiger partial charge in [0, 0.05) is 29.9 Å². The lowest BCUT2D eigenvalue weighted by molar-refractivity contribution is -0.148. The first-order chi connectivity index (χ1) is 15.0. The Labute approximate surface area is 180 Å². The summed E-state index contributed by atoms with van der Waals surface area (Å²) >= 11 is 0. The first kappa shape index (κ1) is 23.4. The molecule has 2 N–H and O–H groups in total. The smallest absolute Gasteiger partial charge is 0.340 e. The van der Waals surface area contributed by atoms with Crippen molar-refractivity contribution in [1.29, 1.82) is 0 Å². The van der Waals surface area contributed by atoms with Crippen LogP contribution in [0.5, 0.6) is 5.88 Å². The summed E-state index contributed by atoms with van der Waals surface area (Å²) < 4.78 is 55.2. The second kappa shape index (κ2) is 9.45. The van der Waals surface area contributed by atoms with E-state index in [0.717, 1.165) is 12.8 Å². The van der Waals surface area contributed by atoms with Gasteiger partial charge in [-0.25, -0.2) is 23.7 Å². The Morgan fingerprint density at radius 1 is 1.22 bits per heavy atom. The van der Waals surface area contributed by atoms with Crippen LogP contribution >= 0.6 is 0 Å². The van der Waals surface area contributed by atoms with Gasteiger partial charge in [0.25, 0.3) is 5.91 Å². The zero-order valence-electron chi connectivity index (χ0n) is 17.3. The van der Waals surface area contributed by atoms with E-state index in [2.05, 4.69) is 25.6 Å². The van der Waals surface area contributed by atoms with Gasteiger partial charge in [-0.1, -0.05) is 0 Å². The summed E-state index contributed by atoms with van der Waals surface area (Å²) in [6.45, 7) is 1.71. The number of nitrogens with one attached hydrogen (secondary N) is 2. The monoisotopic (exact) mass is 455 g/mol. The number of rotatable bonds is 9. The molecule has 12 heteroatoms. The number of nitrogens with zero attached hydrogens (tertiary/aromatic N) is 3. The van der Waals surface area contributed by atoms with Crippen LogP contribution in [0.1, 0.15) is 40.2 Å². The number of hydrogen-bond acceptors (Lipinski definition) is 6. The van der Waals surface area contributed by atoms with Crippen molar-refractivity contribution >= 4 is 17.8 Å². The lowest BCUT2D eigenvalue weighted by atomic mass is 10.2. The van der Waals surface area contributed by atoms with E-state index < -0.39 is 24.9 Å². The molecular weight excluding hydrogens is 434 g/mol. The van der Waals surface area contributed by atoms with Crippen LogP contribution in [0.4, 0.5) is 23.5 Å². The number of carbonyl (C=O) groups excluding carboxylic acids is 2. The molecule has 2 heterocycles.